The van der Waals surface area contributed by atoms with E-state index in [0.29, 0.717) is 0 Å². The van der Waals surface area contributed by atoms with Crippen molar-refractivity contribution >= 4 is 6.08 Å². The SMILES string of the molecule is C=C/C(=C/c1ccccc1CC)C(=C)/C=C\C. The van der Waals surface area contributed by atoms with Gasteiger partial charge in [0, 0.05) is 0 Å². The summed E-state index contributed by atoms with van der Waals surface area (Å²) in [6.45, 7) is 12.1. The lowest BCUT2D eigenvalue weighted by Crippen LogP contribution is -1.87. The molecule has 17 heavy (non-hydrogen) atoms. The first-order valence-electron chi connectivity index (χ1n) is 5.97. The number of benzene rings is 1. The fraction of sp³-hybridized carbons (Fsp3) is 0.176. The van der Waals surface area contributed by atoms with Gasteiger partial charge < -0.3 is 0 Å². The molecule has 0 heterocycles. The molecule has 88 valence electrons. The average molecular weight is 224 g/mol. The molecule has 0 bridgehead atoms. The second-order valence-electron chi connectivity index (χ2n) is 3.88. The van der Waals surface area contributed by atoms with Gasteiger partial charge in [0.15, 0.2) is 0 Å². The van der Waals surface area contributed by atoms with Gasteiger partial charge in [-0.1, -0.05) is 62.6 Å². The molecule has 1 rings (SSSR count). The molecule has 0 aliphatic carbocycles. The lowest BCUT2D eigenvalue weighted by atomic mass is 9.99. The van der Waals surface area contributed by atoms with Gasteiger partial charge in [0.25, 0.3) is 0 Å². The number of hydrogen-bond acceptors (Lipinski definition) is 0. The highest BCUT2D eigenvalue weighted by Gasteiger charge is 1.99. The molecule has 1 aromatic carbocycles. The molecule has 0 aliphatic rings. The maximum Gasteiger partial charge on any atom is -0.0190 e. The van der Waals surface area contributed by atoms with E-state index < -0.39 is 0 Å². The molecule has 0 spiro atoms. The first-order valence-corrected chi connectivity index (χ1v) is 5.97. The van der Waals surface area contributed by atoms with Crippen molar-refractivity contribution in [1.82, 2.24) is 0 Å². The summed E-state index contributed by atoms with van der Waals surface area (Å²) < 4.78 is 0. The first kappa shape index (κ1) is 13.2. The molecule has 0 saturated heterocycles. The zero-order valence-corrected chi connectivity index (χ0v) is 10.7. The summed E-state index contributed by atoms with van der Waals surface area (Å²) in [6.07, 6.45) is 9.03. The van der Waals surface area contributed by atoms with Gasteiger partial charge in [-0.05, 0) is 41.7 Å². The molecule has 0 aliphatic heterocycles. The zero-order valence-electron chi connectivity index (χ0n) is 10.7. The van der Waals surface area contributed by atoms with Crippen LogP contribution >= 0.6 is 0 Å². The molecule has 1 aromatic rings. The monoisotopic (exact) mass is 224 g/mol. The summed E-state index contributed by atoms with van der Waals surface area (Å²) in [6, 6.07) is 8.42. The molecule has 0 unspecified atom stereocenters. The normalized spacial score (nSPS) is 11.8. The third-order valence-electron chi connectivity index (χ3n) is 2.71. The largest absolute Gasteiger partial charge is 0.0984 e. The number of hydrogen-bond donors (Lipinski definition) is 0. The van der Waals surface area contributed by atoms with Crippen molar-refractivity contribution in [2.45, 2.75) is 20.3 Å². The summed E-state index contributed by atoms with van der Waals surface area (Å²) in [5, 5.41) is 0. The van der Waals surface area contributed by atoms with Crippen LogP contribution in [-0.4, -0.2) is 0 Å². The van der Waals surface area contributed by atoms with Gasteiger partial charge in [-0.25, -0.2) is 0 Å². The van der Waals surface area contributed by atoms with Crippen LogP contribution in [0.3, 0.4) is 0 Å². The van der Waals surface area contributed by atoms with E-state index in [9.17, 15) is 0 Å². The Labute approximate surface area is 105 Å². The van der Waals surface area contributed by atoms with Crippen molar-refractivity contribution in [2.24, 2.45) is 0 Å². The fourth-order valence-electron chi connectivity index (χ4n) is 1.74. The molecule has 0 radical (unpaired) electrons. The quantitative estimate of drug-likeness (QED) is 0.621. The minimum atomic E-state index is 0.994. The maximum atomic E-state index is 4.04. The van der Waals surface area contributed by atoms with Crippen LogP contribution in [0.15, 0.2) is 66.8 Å². The van der Waals surface area contributed by atoms with E-state index in [4.69, 9.17) is 0 Å². The molecular formula is C17H20. The highest BCUT2D eigenvalue weighted by atomic mass is 14.0. The average Bonchev–Trinajstić information content (AvgIpc) is 2.36. The highest BCUT2D eigenvalue weighted by molar-refractivity contribution is 5.65. The van der Waals surface area contributed by atoms with Gasteiger partial charge in [0.05, 0.1) is 0 Å². The smallest absolute Gasteiger partial charge is 0.0190 e. The Morgan fingerprint density at radius 3 is 2.59 bits per heavy atom. The molecule has 0 amide bonds. The molecule has 0 aromatic heterocycles. The standard InChI is InChI=1S/C17H20/c1-5-10-14(4)16(7-3)13-17-12-9-8-11-15(17)6-2/h5,7-13H,3-4,6H2,1-2H3/b10-5-,16-13-. The topological polar surface area (TPSA) is 0 Å². The molecule has 0 atom stereocenters. The minimum absolute atomic E-state index is 0.994. The number of aryl methyl sites for hydroxylation is 1. The van der Waals surface area contributed by atoms with Crippen LogP contribution in [0.2, 0.25) is 0 Å². The Bertz CT molecular complexity index is 459. The molecule has 0 nitrogen and oxygen atoms in total. The maximum absolute atomic E-state index is 4.04. The van der Waals surface area contributed by atoms with Crippen LogP contribution in [0, 0.1) is 0 Å². The minimum Gasteiger partial charge on any atom is -0.0984 e. The summed E-state index contributed by atoms with van der Waals surface area (Å²) >= 11 is 0. The van der Waals surface area contributed by atoms with Crippen LogP contribution < -0.4 is 0 Å². The van der Waals surface area contributed by atoms with E-state index in [1.165, 1.54) is 11.1 Å². The summed E-state index contributed by atoms with van der Waals surface area (Å²) in [7, 11) is 0. The Kier molecular flexibility index (Phi) is 5.22. The van der Waals surface area contributed by atoms with Crippen LogP contribution in [0.4, 0.5) is 0 Å². The van der Waals surface area contributed by atoms with Gasteiger partial charge in [-0.3, -0.25) is 0 Å². The summed E-state index contributed by atoms with van der Waals surface area (Å²) in [5.41, 5.74) is 4.66. The zero-order chi connectivity index (χ0) is 12.7. The van der Waals surface area contributed by atoms with Crippen molar-refractivity contribution in [1.29, 1.82) is 0 Å². The van der Waals surface area contributed by atoms with E-state index in [-0.39, 0.29) is 0 Å². The second-order valence-corrected chi connectivity index (χ2v) is 3.88. The predicted octanol–water partition coefficient (Wildman–Crippen LogP) is 4.95. The van der Waals surface area contributed by atoms with Crippen molar-refractivity contribution in [2.75, 3.05) is 0 Å². The van der Waals surface area contributed by atoms with E-state index in [0.717, 1.165) is 17.6 Å². The lowest BCUT2D eigenvalue weighted by molar-refractivity contribution is 1.13. The Morgan fingerprint density at radius 2 is 2.00 bits per heavy atom. The van der Waals surface area contributed by atoms with Crippen molar-refractivity contribution in [3.63, 3.8) is 0 Å². The van der Waals surface area contributed by atoms with E-state index in [1.807, 2.05) is 25.2 Å². The van der Waals surface area contributed by atoms with Gasteiger partial charge >= 0.3 is 0 Å². The predicted molar refractivity (Wildman–Crippen MR) is 77.9 cm³/mol. The first-order chi connectivity index (χ1) is 8.22. The van der Waals surface area contributed by atoms with Crippen molar-refractivity contribution in [3.05, 3.63) is 77.9 Å². The van der Waals surface area contributed by atoms with Crippen LogP contribution in [0.25, 0.3) is 6.08 Å². The fourth-order valence-corrected chi connectivity index (χ4v) is 1.74. The van der Waals surface area contributed by atoms with Gasteiger partial charge in [-0.2, -0.15) is 0 Å². The van der Waals surface area contributed by atoms with Gasteiger partial charge in [0.2, 0.25) is 0 Å². The summed E-state index contributed by atoms with van der Waals surface area (Å²) in [5.74, 6) is 0. The van der Waals surface area contributed by atoms with Gasteiger partial charge in [-0.15, -0.1) is 0 Å². The molecule has 0 heteroatoms. The highest BCUT2D eigenvalue weighted by Crippen LogP contribution is 2.18. The molecular weight excluding hydrogens is 204 g/mol. The number of rotatable bonds is 5. The number of allylic oxidation sites excluding steroid dienone is 5. The van der Waals surface area contributed by atoms with Crippen LogP contribution in [0.5, 0.6) is 0 Å². The van der Waals surface area contributed by atoms with Crippen molar-refractivity contribution < 1.29 is 0 Å². The molecule has 0 saturated carbocycles. The van der Waals surface area contributed by atoms with Crippen LogP contribution in [-0.2, 0) is 6.42 Å². The third-order valence-corrected chi connectivity index (χ3v) is 2.71. The Hall–Kier alpha value is -1.82. The molecule has 0 N–H and O–H groups in total. The van der Waals surface area contributed by atoms with E-state index in [1.54, 1.807) is 0 Å². The third kappa shape index (κ3) is 3.60. The summed E-state index contributed by atoms with van der Waals surface area (Å²) in [4.78, 5) is 0. The van der Waals surface area contributed by atoms with E-state index >= 15 is 0 Å². The van der Waals surface area contributed by atoms with Gasteiger partial charge in [0.1, 0.15) is 0 Å². The second kappa shape index (κ2) is 6.70. The lowest BCUT2D eigenvalue weighted by Gasteiger charge is -2.06. The molecule has 0 fully saturated rings. The van der Waals surface area contributed by atoms with E-state index in [2.05, 4.69) is 50.4 Å². The Morgan fingerprint density at radius 1 is 1.29 bits per heavy atom. The van der Waals surface area contributed by atoms with Crippen LogP contribution in [0.1, 0.15) is 25.0 Å². The van der Waals surface area contributed by atoms with Crippen molar-refractivity contribution in [3.8, 4) is 0 Å². The Balaban J connectivity index is 3.14.